The predicted octanol–water partition coefficient (Wildman–Crippen LogP) is 2.35. The number of amides is 1. The second kappa shape index (κ2) is 7.45. The molecule has 10 heteroatoms. The van der Waals surface area contributed by atoms with Crippen LogP contribution >= 0.6 is 0 Å². The van der Waals surface area contributed by atoms with Crippen molar-refractivity contribution in [1.82, 2.24) is 4.90 Å². The molecule has 0 saturated carbocycles. The third-order valence-electron chi connectivity index (χ3n) is 5.74. The van der Waals surface area contributed by atoms with Gasteiger partial charge in [-0.15, -0.1) is 0 Å². The van der Waals surface area contributed by atoms with E-state index in [1.165, 1.54) is 4.90 Å². The Balaban J connectivity index is 1.88. The van der Waals surface area contributed by atoms with Gasteiger partial charge in [-0.2, -0.15) is 9.65 Å². The molecule has 0 radical (unpaired) electrons. The Bertz CT molecular complexity index is 1130. The van der Waals surface area contributed by atoms with Crippen LogP contribution in [0, 0.1) is 27.3 Å². The highest BCUT2D eigenvalue weighted by Crippen LogP contribution is 2.49. The summed E-state index contributed by atoms with van der Waals surface area (Å²) in [6, 6.07) is 11.9. The molecule has 2 saturated heterocycles. The summed E-state index contributed by atoms with van der Waals surface area (Å²) in [5.74, 6) is -3.08. The van der Waals surface area contributed by atoms with E-state index in [2.05, 4.69) is 0 Å². The van der Waals surface area contributed by atoms with E-state index in [-0.39, 0.29) is 18.6 Å². The van der Waals surface area contributed by atoms with Gasteiger partial charge in [0.15, 0.2) is 11.6 Å². The Morgan fingerprint density at radius 1 is 1.35 bits per heavy atom. The summed E-state index contributed by atoms with van der Waals surface area (Å²) in [7, 11) is 1.08. The van der Waals surface area contributed by atoms with Crippen LogP contribution in [0.15, 0.2) is 42.5 Å². The van der Waals surface area contributed by atoms with Gasteiger partial charge in [0.05, 0.1) is 30.2 Å². The molecule has 158 valence electrons. The lowest BCUT2D eigenvalue weighted by Crippen LogP contribution is -2.46. The Labute approximate surface area is 175 Å². The van der Waals surface area contributed by atoms with Crippen LogP contribution in [-0.4, -0.2) is 41.5 Å². The number of methoxy groups -OCH3 is 1. The van der Waals surface area contributed by atoms with Gasteiger partial charge in [-0.3, -0.25) is 19.7 Å². The van der Waals surface area contributed by atoms with Gasteiger partial charge < -0.3 is 14.4 Å². The van der Waals surface area contributed by atoms with Gasteiger partial charge in [0.25, 0.3) is 0 Å². The van der Waals surface area contributed by atoms with Crippen LogP contribution in [0.1, 0.15) is 29.3 Å². The molecule has 2 aromatic rings. The number of carbonyl (C=O) groups is 2. The number of nitro benzene ring substituents is 1. The topological polar surface area (TPSA) is 123 Å². The number of esters is 1. The summed E-state index contributed by atoms with van der Waals surface area (Å²) in [5.41, 5.74) is -3.23. The first-order valence-electron chi connectivity index (χ1n) is 9.32. The number of hydrogen-bond acceptors (Lipinski definition) is 7. The standard InChI is InChI=1S/C21H16FN3O6/c1-30-20(27)21(15-7-8-16(25(28)29)17(22)14(15)10-23)9-13-11-31-18(24(13)19(21)26)12-5-3-2-4-6-12/h2-8,13,18H,9,11H2,1H3/t13-,18-,21-/m0/s1. The van der Waals surface area contributed by atoms with Crippen molar-refractivity contribution >= 4 is 17.6 Å². The Kier molecular flexibility index (Phi) is 4.91. The Morgan fingerprint density at radius 2 is 2.06 bits per heavy atom. The van der Waals surface area contributed by atoms with Gasteiger partial charge in [0.2, 0.25) is 11.7 Å². The second-order valence-corrected chi connectivity index (χ2v) is 7.25. The first-order chi connectivity index (χ1) is 14.9. The summed E-state index contributed by atoms with van der Waals surface area (Å²) in [4.78, 5) is 38.1. The van der Waals surface area contributed by atoms with Crippen molar-refractivity contribution in [1.29, 1.82) is 5.26 Å². The van der Waals surface area contributed by atoms with Crippen LogP contribution in [-0.2, 0) is 24.5 Å². The van der Waals surface area contributed by atoms with E-state index in [1.807, 2.05) is 0 Å². The van der Waals surface area contributed by atoms with E-state index in [0.717, 1.165) is 19.2 Å². The van der Waals surface area contributed by atoms with Crippen molar-refractivity contribution in [3.05, 3.63) is 75.1 Å². The Morgan fingerprint density at radius 3 is 2.68 bits per heavy atom. The molecule has 2 aromatic carbocycles. The smallest absolute Gasteiger partial charge is 0.326 e. The number of nitrogens with zero attached hydrogens (tertiary/aromatic N) is 3. The van der Waals surface area contributed by atoms with Gasteiger partial charge in [-0.1, -0.05) is 30.3 Å². The van der Waals surface area contributed by atoms with E-state index < -0.39 is 51.6 Å². The molecule has 2 aliphatic heterocycles. The lowest BCUT2D eigenvalue weighted by atomic mass is 9.75. The molecule has 0 unspecified atom stereocenters. The van der Waals surface area contributed by atoms with E-state index in [0.29, 0.717) is 5.56 Å². The van der Waals surface area contributed by atoms with E-state index in [1.54, 1.807) is 36.4 Å². The minimum Gasteiger partial charge on any atom is -0.468 e. The van der Waals surface area contributed by atoms with Gasteiger partial charge in [-0.05, 0) is 12.5 Å². The lowest BCUT2D eigenvalue weighted by Gasteiger charge is -2.28. The fourth-order valence-corrected chi connectivity index (χ4v) is 4.37. The maximum Gasteiger partial charge on any atom is 0.326 e. The molecule has 9 nitrogen and oxygen atoms in total. The van der Waals surface area contributed by atoms with Crippen LogP contribution < -0.4 is 0 Å². The van der Waals surface area contributed by atoms with Crippen LogP contribution in [0.2, 0.25) is 0 Å². The van der Waals surface area contributed by atoms with Gasteiger partial charge in [-0.25, -0.2) is 0 Å². The fraction of sp³-hybridized carbons (Fsp3) is 0.286. The van der Waals surface area contributed by atoms with Crippen molar-refractivity contribution in [3.63, 3.8) is 0 Å². The van der Waals surface area contributed by atoms with Gasteiger partial charge in [0.1, 0.15) is 6.07 Å². The third kappa shape index (κ3) is 2.85. The zero-order chi connectivity index (χ0) is 22.3. The number of halogens is 1. The summed E-state index contributed by atoms with van der Waals surface area (Å²) in [6.07, 6.45) is -0.882. The highest BCUT2D eigenvalue weighted by molar-refractivity contribution is 6.11. The fourth-order valence-electron chi connectivity index (χ4n) is 4.37. The van der Waals surface area contributed by atoms with Crippen LogP contribution in [0.25, 0.3) is 0 Å². The van der Waals surface area contributed by atoms with Crippen LogP contribution in [0.3, 0.4) is 0 Å². The molecule has 2 aliphatic rings. The zero-order valence-electron chi connectivity index (χ0n) is 16.3. The number of carbonyl (C=O) groups excluding carboxylic acids is 2. The van der Waals surface area contributed by atoms with Crippen molar-refractivity contribution in [2.24, 2.45) is 0 Å². The molecule has 3 atom stereocenters. The minimum absolute atomic E-state index is 0.117. The summed E-state index contributed by atoms with van der Waals surface area (Å²) in [6.45, 7) is 0.126. The highest BCUT2D eigenvalue weighted by atomic mass is 19.1. The molecule has 0 bridgehead atoms. The van der Waals surface area contributed by atoms with E-state index >= 15 is 0 Å². The number of rotatable bonds is 4. The maximum atomic E-state index is 14.8. The molecular weight excluding hydrogens is 409 g/mol. The van der Waals surface area contributed by atoms with Gasteiger partial charge >= 0.3 is 11.7 Å². The normalized spacial score (nSPS) is 24.5. The zero-order valence-corrected chi connectivity index (χ0v) is 16.3. The average Bonchev–Trinajstić information content (AvgIpc) is 3.31. The second-order valence-electron chi connectivity index (χ2n) is 7.25. The van der Waals surface area contributed by atoms with E-state index in [4.69, 9.17) is 9.47 Å². The Hall–Kier alpha value is -3.84. The maximum absolute atomic E-state index is 14.8. The third-order valence-corrected chi connectivity index (χ3v) is 5.74. The number of nitriles is 1. The highest BCUT2D eigenvalue weighted by Gasteiger charge is 2.63. The number of benzene rings is 2. The average molecular weight is 425 g/mol. The first-order valence-corrected chi connectivity index (χ1v) is 9.32. The minimum atomic E-state index is -2.02. The molecular formula is C21H16FN3O6. The number of hydrogen-bond donors (Lipinski definition) is 0. The summed E-state index contributed by atoms with van der Waals surface area (Å²) >= 11 is 0. The monoisotopic (exact) mass is 425 g/mol. The molecule has 0 N–H and O–H groups in total. The molecule has 4 rings (SSSR count). The lowest BCUT2D eigenvalue weighted by molar-refractivity contribution is -0.387. The molecule has 1 amide bonds. The molecule has 0 aliphatic carbocycles. The molecule has 2 fully saturated rings. The van der Waals surface area contributed by atoms with Crippen molar-refractivity contribution in [3.8, 4) is 6.07 Å². The predicted molar refractivity (Wildman–Crippen MR) is 102 cm³/mol. The molecule has 0 aromatic heterocycles. The first kappa shape index (κ1) is 20.4. The van der Waals surface area contributed by atoms with Crippen molar-refractivity contribution in [2.75, 3.05) is 13.7 Å². The van der Waals surface area contributed by atoms with Crippen molar-refractivity contribution < 1.29 is 28.4 Å². The van der Waals surface area contributed by atoms with E-state index in [9.17, 15) is 29.4 Å². The molecule has 2 heterocycles. The SMILES string of the molecule is COC(=O)[C@]1(c2ccc([N+](=O)[O-])c(F)c2C#N)C[C@H]2CO[C@@H](c3ccccc3)N2C1=O. The number of nitro groups is 1. The van der Waals surface area contributed by atoms with Crippen LogP contribution in [0.4, 0.5) is 10.1 Å². The summed E-state index contributed by atoms with van der Waals surface area (Å²) < 4.78 is 25.4. The van der Waals surface area contributed by atoms with Crippen LogP contribution in [0.5, 0.6) is 0 Å². The number of ether oxygens (including phenoxy) is 2. The molecule has 0 spiro atoms. The largest absolute Gasteiger partial charge is 0.468 e. The summed E-state index contributed by atoms with van der Waals surface area (Å²) in [5, 5.41) is 20.6. The number of fused-ring (bicyclic) bond motifs is 1. The quantitative estimate of drug-likeness (QED) is 0.319. The van der Waals surface area contributed by atoms with Gasteiger partial charge in [0, 0.05) is 17.2 Å². The molecule has 31 heavy (non-hydrogen) atoms. The van der Waals surface area contributed by atoms with Crippen molar-refractivity contribution in [2.45, 2.75) is 24.1 Å².